The number of methoxy groups -OCH3 is 1. The first kappa shape index (κ1) is 36.1. The zero-order valence-electron chi connectivity index (χ0n) is 25.1. The van der Waals surface area contributed by atoms with Gasteiger partial charge in [0.15, 0.2) is 0 Å². The average Bonchev–Trinajstić information content (AvgIpc) is 3.00. The third-order valence-electron chi connectivity index (χ3n) is 6.59. The number of ether oxygens (including phenoxy) is 2. The van der Waals surface area contributed by atoms with E-state index < -0.39 is 60.2 Å². The fourth-order valence-corrected chi connectivity index (χ4v) is 4.17. The minimum absolute atomic E-state index is 0.00482. The molecule has 14 nitrogen and oxygen atoms in total. The van der Waals surface area contributed by atoms with E-state index in [4.69, 9.17) is 24.8 Å². The maximum absolute atomic E-state index is 13.6. The van der Waals surface area contributed by atoms with Gasteiger partial charge in [-0.25, -0.2) is 9.59 Å². The minimum atomic E-state index is -2.11. The number of rotatable bonds is 20. The SMILES string of the molecule is CCCCCNC(=O)C(Cc1ccc(OC(C(=O)O)C(=O)O)cc1)NC(=O)[C@H](Cc1ccc(OC)cc1)NC(=O)CCC(=O)O. The number of carboxylic acid groups (broad SMARTS) is 3. The van der Waals surface area contributed by atoms with Crippen LogP contribution in [0.4, 0.5) is 0 Å². The Morgan fingerprint density at radius 2 is 1.24 bits per heavy atom. The van der Waals surface area contributed by atoms with Crippen LogP contribution in [0.5, 0.6) is 11.5 Å². The largest absolute Gasteiger partial charge is 0.497 e. The summed E-state index contributed by atoms with van der Waals surface area (Å²) < 4.78 is 10.2. The van der Waals surface area contributed by atoms with Gasteiger partial charge in [-0.15, -0.1) is 0 Å². The van der Waals surface area contributed by atoms with Crippen molar-refractivity contribution < 1.29 is 53.6 Å². The third kappa shape index (κ3) is 12.9. The van der Waals surface area contributed by atoms with Crippen LogP contribution in [0.15, 0.2) is 48.5 Å². The lowest BCUT2D eigenvalue weighted by atomic mass is 10.0. The Bertz CT molecular complexity index is 1300. The van der Waals surface area contributed by atoms with Gasteiger partial charge in [-0.3, -0.25) is 19.2 Å². The van der Waals surface area contributed by atoms with Gasteiger partial charge in [-0.05, 0) is 41.8 Å². The van der Waals surface area contributed by atoms with Crippen LogP contribution in [0.3, 0.4) is 0 Å². The molecule has 0 spiro atoms. The Morgan fingerprint density at radius 3 is 1.73 bits per heavy atom. The van der Waals surface area contributed by atoms with Crippen LogP contribution < -0.4 is 25.4 Å². The number of aliphatic carboxylic acids is 3. The molecular formula is C31H39N3O11. The highest BCUT2D eigenvalue weighted by molar-refractivity contribution is 5.96. The van der Waals surface area contributed by atoms with Crippen molar-refractivity contribution in [3.8, 4) is 11.5 Å². The molecule has 2 rings (SSSR count). The molecule has 0 aliphatic heterocycles. The lowest BCUT2D eigenvalue weighted by Crippen LogP contribution is -2.55. The molecule has 0 aromatic heterocycles. The van der Waals surface area contributed by atoms with E-state index >= 15 is 0 Å². The first-order valence-corrected chi connectivity index (χ1v) is 14.4. The summed E-state index contributed by atoms with van der Waals surface area (Å²) in [6.07, 6.45) is -0.293. The molecule has 3 amide bonds. The van der Waals surface area contributed by atoms with E-state index in [-0.39, 0.29) is 25.0 Å². The smallest absolute Gasteiger partial charge is 0.356 e. The molecule has 2 aromatic rings. The van der Waals surface area contributed by atoms with Gasteiger partial charge in [0.25, 0.3) is 6.10 Å². The van der Waals surface area contributed by atoms with Crippen molar-refractivity contribution in [3.05, 3.63) is 59.7 Å². The molecule has 0 heterocycles. The van der Waals surface area contributed by atoms with Gasteiger partial charge in [0.1, 0.15) is 23.6 Å². The molecule has 2 atom stereocenters. The van der Waals surface area contributed by atoms with Gasteiger partial charge in [0.05, 0.1) is 13.5 Å². The van der Waals surface area contributed by atoms with Crippen LogP contribution in [-0.2, 0) is 41.6 Å². The first-order chi connectivity index (χ1) is 21.4. The number of unbranched alkanes of at least 4 members (excludes halogenated alkanes) is 2. The van der Waals surface area contributed by atoms with Gasteiger partial charge < -0.3 is 40.7 Å². The molecule has 1 unspecified atom stereocenters. The van der Waals surface area contributed by atoms with Gasteiger partial charge in [-0.2, -0.15) is 0 Å². The lowest BCUT2D eigenvalue weighted by molar-refractivity contribution is -0.159. The number of hydrogen-bond acceptors (Lipinski definition) is 8. The van der Waals surface area contributed by atoms with Crippen LogP contribution in [0.2, 0.25) is 0 Å². The van der Waals surface area contributed by atoms with Crippen LogP contribution in [0.25, 0.3) is 0 Å². The van der Waals surface area contributed by atoms with Gasteiger partial charge in [-0.1, -0.05) is 44.0 Å². The number of nitrogens with one attached hydrogen (secondary N) is 3. The second-order valence-corrected chi connectivity index (χ2v) is 10.1. The maximum atomic E-state index is 13.6. The number of benzene rings is 2. The minimum Gasteiger partial charge on any atom is -0.497 e. The van der Waals surface area contributed by atoms with Crippen molar-refractivity contribution in [2.24, 2.45) is 0 Å². The summed E-state index contributed by atoms with van der Waals surface area (Å²) in [4.78, 5) is 72.5. The van der Waals surface area contributed by atoms with Crippen LogP contribution in [0, 0.1) is 0 Å². The number of amides is 3. The molecular weight excluding hydrogens is 590 g/mol. The molecule has 0 aliphatic carbocycles. The summed E-state index contributed by atoms with van der Waals surface area (Å²) in [5.74, 6) is -5.75. The lowest BCUT2D eigenvalue weighted by Gasteiger charge is -2.24. The predicted molar refractivity (Wildman–Crippen MR) is 160 cm³/mol. The number of carbonyl (C=O) groups is 6. The van der Waals surface area contributed by atoms with E-state index in [1.165, 1.54) is 31.4 Å². The summed E-state index contributed by atoms with van der Waals surface area (Å²) in [7, 11) is 1.50. The van der Waals surface area contributed by atoms with Crippen LogP contribution in [-0.4, -0.2) is 82.8 Å². The summed E-state index contributed by atoms with van der Waals surface area (Å²) >= 11 is 0. The number of carbonyl (C=O) groups excluding carboxylic acids is 3. The molecule has 14 heteroatoms. The van der Waals surface area contributed by atoms with E-state index in [0.29, 0.717) is 23.4 Å². The zero-order chi connectivity index (χ0) is 33.4. The molecule has 6 N–H and O–H groups in total. The van der Waals surface area contributed by atoms with E-state index in [1.54, 1.807) is 24.3 Å². The van der Waals surface area contributed by atoms with Crippen molar-refractivity contribution in [3.63, 3.8) is 0 Å². The highest BCUT2D eigenvalue weighted by Gasteiger charge is 2.29. The Hall–Kier alpha value is -5.14. The average molecular weight is 630 g/mol. The Labute approximate surface area is 260 Å². The third-order valence-corrected chi connectivity index (χ3v) is 6.59. The Balaban J connectivity index is 2.27. The van der Waals surface area contributed by atoms with Crippen LogP contribution >= 0.6 is 0 Å². The molecule has 0 bridgehead atoms. The summed E-state index contributed by atoms with van der Waals surface area (Å²) in [5, 5.41) is 35.1. The molecule has 45 heavy (non-hydrogen) atoms. The molecule has 0 fully saturated rings. The molecule has 0 saturated heterocycles. The van der Waals surface area contributed by atoms with Crippen molar-refractivity contribution in [2.75, 3.05) is 13.7 Å². The monoisotopic (exact) mass is 629 g/mol. The summed E-state index contributed by atoms with van der Waals surface area (Å²) in [6.45, 7) is 2.39. The van der Waals surface area contributed by atoms with E-state index in [1.807, 2.05) is 6.92 Å². The predicted octanol–water partition coefficient (Wildman–Crippen LogP) is 1.54. The summed E-state index contributed by atoms with van der Waals surface area (Å²) in [6, 6.07) is 10.3. The number of hydrogen-bond donors (Lipinski definition) is 6. The number of carboxylic acids is 3. The Kier molecular flexibility index (Phi) is 14.8. The molecule has 0 saturated carbocycles. The Morgan fingerprint density at radius 1 is 0.711 bits per heavy atom. The molecule has 0 radical (unpaired) electrons. The van der Waals surface area contributed by atoms with Crippen molar-refractivity contribution in [2.45, 2.75) is 70.1 Å². The van der Waals surface area contributed by atoms with E-state index in [2.05, 4.69) is 16.0 Å². The fourth-order valence-electron chi connectivity index (χ4n) is 4.17. The van der Waals surface area contributed by atoms with Crippen LogP contribution in [0.1, 0.15) is 50.2 Å². The van der Waals surface area contributed by atoms with Crippen molar-refractivity contribution in [1.82, 2.24) is 16.0 Å². The maximum Gasteiger partial charge on any atom is 0.356 e. The highest BCUT2D eigenvalue weighted by Crippen LogP contribution is 2.17. The highest BCUT2D eigenvalue weighted by atomic mass is 16.5. The zero-order valence-corrected chi connectivity index (χ0v) is 25.1. The van der Waals surface area contributed by atoms with Gasteiger partial charge in [0.2, 0.25) is 17.7 Å². The van der Waals surface area contributed by atoms with Gasteiger partial charge >= 0.3 is 17.9 Å². The molecule has 0 aliphatic rings. The van der Waals surface area contributed by atoms with E-state index in [0.717, 1.165) is 19.3 Å². The normalized spacial score (nSPS) is 12.0. The topological polar surface area (TPSA) is 218 Å². The summed E-state index contributed by atoms with van der Waals surface area (Å²) in [5.41, 5.74) is 1.21. The van der Waals surface area contributed by atoms with Gasteiger partial charge in [0, 0.05) is 25.8 Å². The standard InChI is InChI=1S/C31H39N3O11/c1-3-4-5-16-32-28(38)23(17-20-8-12-22(13-9-20)45-27(30(40)41)31(42)43)34-29(39)24(33-25(35)14-15-26(36)37)18-19-6-10-21(44-2)11-7-19/h6-13,23-24,27H,3-5,14-18H2,1-2H3,(H,32,38)(H,33,35)(H,34,39)(H,36,37)(H,40,41)(H,42,43)/t23?,24-/m0/s1. The second-order valence-electron chi connectivity index (χ2n) is 10.1. The van der Waals surface area contributed by atoms with Crippen molar-refractivity contribution in [1.29, 1.82) is 0 Å². The second kappa shape index (κ2) is 18.5. The van der Waals surface area contributed by atoms with E-state index in [9.17, 15) is 28.8 Å². The van der Waals surface area contributed by atoms with Crippen molar-refractivity contribution >= 4 is 35.6 Å². The molecule has 244 valence electrons. The quantitative estimate of drug-likeness (QED) is 0.0911. The molecule has 2 aromatic carbocycles. The first-order valence-electron chi connectivity index (χ1n) is 14.4. The fraction of sp³-hybridized carbons (Fsp3) is 0.419.